The van der Waals surface area contributed by atoms with E-state index in [1.165, 1.54) is 0 Å². The highest BCUT2D eigenvalue weighted by Crippen LogP contribution is 2.20. The maximum Gasteiger partial charge on any atom is 0.326 e. The number of nitrogens with two attached hydrogens (primary N) is 1. The number of amides is 3. The van der Waals surface area contributed by atoms with Crippen LogP contribution >= 0.6 is 11.8 Å². The van der Waals surface area contributed by atoms with E-state index in [1.54, 1.807) is 24.9 Å². The maximum absolute atomic E-state index is 13.6. The van der Waals surface area contributed by atoms with Crippen LogP contribution in [0.2, 0.25) is 0 Å². The third-order valence-electron chi connectivity index (χ3n) is 7.27. The second kappa shape index (κ2) is 15.5. The zero-order valence-electron chi connectivity index (χ0n) is 23.5. The minimum Gasteiger partial charge on any atom is -0.480 e. The number of para-hydroxylation sites is 1. The van der Waals surface area contributed by atoms with Crippen molar-refractivity contribution in [1.29, 1.82) is 0 Å². The van der Waals surface area contributed by atoms with Crippen LogP contribution in [0.3, 0.4) is 0 Å². The molecule has 0 saturated heterocycles. The van der Waals surface area contributed by atoms with Gasteiger partial charge in [-0.05, 0) is 41.9 Å². The van der Waals surface area contributed by atoms with Crippen LogP contribution in [0.15, 0.2) is 30.5 Å². The number of aliphatic carboxylic acids is 1. The highest BCUT2D eigenvalue weighted by atomic mass is 32.2. The molecule has 1 aromatic heterocycles. The number of benzene rings is 1. The molecule has 216 valence electrons. The van der Waals surface area contributed by atoms with E-state index in [1.807, 2.05) is 51.3 Å². The average Bonchev–Trinajstić information content (AvgIpc) is 3.34. The molecule has 1 heterocycles. The monoisotopic (exact) mass is 561 g/mol. The number of thioether (sulfide) groups is 1. The Bertz CT molecular complexity index is 1120. The molecule has 11 heteroatoms. The third kappa shape index (κ3) is 8.99. The summed E-state index contributed by atoms with van der Waals surface area (Å²) in [4.78, 5) is 54.9. The van der Waals surface area contributed by atoms with Crippen LogP contribution in [0.4, 0.5) is 0 Å². The normalized spacial score (nSPS) is 15.9. The van der Waals surface area contributed by atoms with Gasteiger partial charge in [0.2, 0.25) is 17.7 Å². The van der Waals surface area contributed by atoms with Crippen molar-refractivity contribution >= 4 is 46.4 Å². The number of nitrogens with one attached hydrogen (secondary N) is 4. The molecule has 7 N–H and O–H groups in total. The number of hydrogen-bond acceptors (Lipinski definition) is 6. The minimum atomic E-state index is -1.14. The van der Waals surface area contributed by atoms with Gasteiger partial charge in [-0.1, -0.05) is 58.7 Å². The highest BCUT2D eigenvalue weighted by Gasteiger charge is 2.34. The van der Waals surface area contributed by atoms with Crippen molar-refractivity contribution in [2.45, 2.75) is 77.5 Å². The molecule has 6 unspecified atom stereocenters. The molecule has 0 spiro atoms. The molecular formula is C28H43N5O5S. The van der Waals surface area contributed by atoms with Crippen molar-refractivity contribution in [1.82, 2.24) is 20.9 Å². The van der Waals surface area contributed by atoms with Crippen LogP contribution in [0.1, 0.15) is 52.5 Å². The predicted octanol–water partition coefficient (Wildman–Crippen LogP) is 2.42. The van der Waals surface area contributed by atoms with Crippen LogP contribution in [-0.4, -0.2) is 70.0 Å². The van der Waals surface area contributed by atoms with E-state index in [0.29, 0.717) is 25.0 Å². The van der Waals surface area contributed by atoms with E-state index >= 15 is 0 Å². The average molecular weight is 562 g/mol. The van der Waals surface area contributed by atoms with Crippen molar-refractivity contribution in [3.8, 4) is 0 Å². The van der Waals surface area contributed by atoms with Gasteiger partial charge in [-0.25, -0.2) is 4.79 Å². The number of hydrogen-bond donors (Lipinski definition) is 6. The standard InChI is InChI=1S/C28H43N5O5S/c1-6-16(3)23(32-25(34)20(29)12-13-39-5)27(36)31-22(26(35)33-24(28(37)38)17(4)7-2)14-18-15-30-21-11-9-8-10-19(18)21/h8-11,15-17,20,22-24,30H,6-7,12-14,29H2,1-5H3,(H,31,36)(H,32,34)(H,33,35)(H,37,38). The summed E-state index contributed by atoms with van der Waals surface area (Å²) >= 11 is 1.58. The first-order valence-corrected chi connectivity index (χ1v) is 14.9. The SMILES string of the molecule is CCC(C)C(NC(=O)C(Cc1c[nH]c2ccccc12)NC(=O)C(NC(=O)C(N)CCSC)C(C)CC)C(=O)O. The van der Waals surface area contributed by atoms with Crippen molar-refractivity contribution < 1.29 is 24.3 Å². The van der Waals surface area contributed by atoms with Gasteiger partial charge in [0.15, 0.2) is 0 Å². The molecule has 2 rings (SSSR count). The maximum atomic E-state index is 13.6. The van der Waals surface area contributed by atoms with Crippen molar-refractivity contribution in [2.24, 2.45) is 17.6 Å². The molecule has 39 heavy (non-hydrogen) atoms. The summed E-state index contributed by atoms with van der Waals surface area (Å²) in [6.45, 7) is 7.35. The molecule has 0 aliphatic carbocycles. The zero-order valence-corrected chi connectivity index (χ0v) is 24.3. The van der Waals surface area contributed by atoms with Gasteiger partial charge in [0.25, 0.3) is 0 Å². The Morgan fingerprint density at radius 2 is 1.56 bits per heavy atom. The number of carboxylic acid groups (broad SMARTS) is 1. The topological polar surface area (TPSA) is 166 Å². The van der Waals surface area contributed by atoms with Gasteiger partial charge in [-0.3, -0.25) is 14.4 Å². The number of carboxylic acids is 1. The lowest BCUT2D eigenvalue weighted by Gasteiger charge is -2.28. The van der Waals surface area contributed by atoms with E-state index in [2.05, 4.69) is 20.9 Å². The van der Waals surface area contributed by atoms with Crippen LogP contribution in [0, 0.1) is 11.8 Å². The molecule has 0 saturated carbocycles. The van der Waals surface area contributed by atoms with Gasteiger partial charge in [-0.15, -0.1) is 0 Å². The number of rotatable bonds is 16. The summed E-state index contributed by atoms with van der Waals surface area (Å²) in [5.41, 5.74) is 7.71. The van der Waals surface area contributed by atoms with Gasteiger partial charge in [-0.2, -0.15) is 11.8 Å². The fourth-order valence-corrected chi connectivity index (χ4v) is 4.76. The first-order chi connectivity index (χ1) is 18.5. The number of H-pyrrole nitrogens is 1. The first kappa shape index (κ1) is 32.2. The fraction of sp³-hybridized carbons (Fsp3) is 0.571. The summed E-state index contributed by atoms with van der Waals surface area (Å²) in [5, 5.41) is 18.8. The number of aromatic nitrogens is 1. The van der Waals surface area contributed by atoms with Gasteiger partial charge in [0, 0.05) is 23.5 Å². The summed E-state index contributed by atoms with van der Waals surface area (Å²) < 4.78 is 0. The number of carbonyl (C=O) groups excluding carboxylic acids is 3. The lowest BCUT2D eigenvalue weighted by molar-refractivity contribution is -0.143. The number of fused-ring (bicyclic) bond motifs is 1. The van der Waals surface area contributed by atoms with Gasteiger partial charge >= 0.3 is 5.97 Å². The summed E-state index contributed by atoms with van der Waals surface area (Å²) in [5.74, 6) is -2.53. The zero-order chi connectivity index (χ0) is 29.1. The lowest BCUT2D eigenvalue weighted by Crippen LogP contribution is -2.59. The molecule has 0 fully saturated rings. The Kier molecular flexibility index (Phi) is 12.8. The Hall–Kier alpha value is -3.05. The molecule has 0 radical (unpaired) electrons. The predicted molar refractivity (Wildman–Crippen MR) is 155 cm³/mol. The number of carbonyl (C=O) groups is 4. The quantitative estimate of drug-likeness (QED) is 0.183. The smallest absolute Gasteiger partial charge is 0.326 e. The van der Waals surface area contributed by atoms with E-state index in [9.17, 15) is 24.3 Å². The molecule has 10 nitrogen and oxygen atoms in total. The first-order valence-electron chi connectivity index (χ1n) is 13.5. The third-order valence-corrected chi connectivity index (χ3v) is 7.92. The molecule has 1 aromatic carbocycles. The second-order valence-electron chi connectivity index (χ2n) is 10.1. The molecular weight excluding hydrogens is 518 g/mol. The van der Waals surface area contributed by atoms with Crippen molar-refractivity contribution in [3.05, 3.63) is 36.0 Å². The Morgan fingerprint density at radius 1 is 0.949 bits per heavy atom. The molecule has 0 aliphatic heterocycles. The minimum absolute atomic E-state index is 0.128. The largest absolute Gasteiger partial charge is 0.480 e. The van der Waals surface area contributed by atoms with Crippen LogP contribution in [-0.2, 0) is 25.6 Å². The van der Waals surface area contributed by atoms with Gasteiger partial charge in [0.05, 0.1) is 6.04 Å². The second-order valence-corrected chi connectivity index (χ2v) is 11.1. The molecule has 0 bridgehead atoms. The Balaban J connectivity index is 2.34. The van der Waals surface area contributed by atoms with Crippen molar-refractivity contribution in [3.63, 3.8) is 0 Å². The summed E-state index contributed by atoms with van der Waals surface area (Å²) in [6, 6.07) is 3.74. The van der Waals surface area contributed by atoms with Gasteiger partial charge < -0.3 is 31.8 Å². The lowest BCUT2D eigenvalue weighted by atomic mass is 9.96. The number of aromatic amines is 1. The van der Waals surface area contributed by atoms with Crippen LogP contribution in [0.25, 0.3) is 10.9 Å². The molecule has 2 aromatic rings. The van der Waals surface area contributed by atoms with Crippen LogP contribution < -0.4 is 21.7 Å². The molecule has 0 aliphatic rings. The molecule has 3 amide bonds. The Morgan fingerprint density at radius 3 is 2.18 bits per heavy atom. The van der Waals surface area contributed by atoms with E-state index < -0.39 is 47.9 Å². The summed E-state index contributed by atoms with van der Waals surface area (Å²) in [7, 11) is 0. The van der Waals surface area contributed by atoms with E-state index in [-0.39, 0.29) is 18.3 Å². The van der Waals surface area contributed by atoms with Gasteiger partial charge in [0.1, 0.15) is 18.1 Å². The molecule has 6 atom stereocenters. The fourth-order valence-electron chi connectivity index (χ4n) is 4.27. The van der Waals surface area contributed by atoms with E-state index in [4.69, 9.17) is 5.73 Å². The summed E-state index contributed by atoms with van der Waals surface area (Å²) in [6.07, 6.45) is 5.46. The van der Waals surface area contributed by atoms with Crippen molar-refractivity contribution in [2.75, 3.05) is 12.0 Å². The van der Waals surface area contributed by atoms with E-state index in [0.717, 1.165) is 16.5 Å². The van der Waals surface area contributed by atoms with Crippen LogP contribution in [0.5, 0.6) is 0 Å². The highest BCUT2D eigenvalue weighted by molar-refractivity contribution is 7.98. The Labute approximate surface area is 234 Å².